The molecule has 4 rings (SSSR count). The van der Waals surface area contributed by atoms with Crippen molar-refractivity contribution in [1.82, 2.24) is 15.2 Å². The number of halogens is 2. The van der Waals surface area contributed by atoms with E-state index in [1.54, 1.807) is 0 Å². The third-order valence-corrected chi connectivity index (χ3v) is 4.95. The van der Waals surface area contributed by atoms with Crippen LogP contribution in [-0.2, 0) is 16.9 Å². The molecule has 1 fully saturated rings. The lowest BCUT2D eigenvalue weighted by Crippen LogP contribution is -2.47. The molecular formula is C20H17F2N3O5. The number of rotatable bonds is 6. The van der Waals surface area contributed by atoms with Crippen LogP contribution in [0, 0.1) is 11.6 Å². The van der Waals surface area contributed by atoms with Crippen LogP contribution in [-0.4, -0.2) is 39.9 Å². The maximum Gasteiger partial charge on any atom is 0.322 e. The highest BCUT2D eigenvalue weighted by molar-refractivity contribution is 6.07. The van der Waals surface area contributed by atoms with Crippen LogP contribution in [0.5, 0.6) is 11.6 Å². The number of urea groups is 1. The van der Waals surface area contributed by atoms with E-state index in [1.165, 1.54) is 29.0 Å². The van der Waals surface area contributed by atoms with Crippen molar-refractivity contribution in [3.8, 4) is 11.6 Å². The summed E-state index contributed by atoms with van der Waals surface area (Å²) in [5.41, 5.74) is -1.30. The molecule has 30 heavy (non-hydrogen) atoms. The lowest BCUT2D eigenvalue weighted by atomic mass is 9.89. The Morgan fingerprint density at radius 1 is 1.13 bits per heavy atom. The molecule has 0 radical (unpaired) electrons. The number of benzene rings is 2. The molecule has 0 aliphatic carbocycles. The third kappa shape index (κ3) is 3.20. The van der Waals surface area contributed by atoms with Crippen LogP contribution in [0.1, 0.15) is 5.56 Å². The largest absolute Gasteiger partial charge is 0.494 e. The molecule has 0 bridgehead atoms. The number of hydrogen-bond acceptors (Lipinski definition) is 5. The first-order valence-electron chi connectivity index (χ1n) is 8.99. The molecule has 3 amide bonds. The van der Waals surface area contributed by atoms with E-state index in [4.69, 9.17) is 9.84 Å². The predicted octanol–water partition coefficient (Wildman–Crippen LogP) is 1.73. The Hall–Kier alpha value is -3.66. The highest BCUT2D eigenvalue weighted by Crippen LogP contribution is 2.35. The van der Waals surface area contributed by atoms with Crippen molar-refractivity contribution in [2.75, 3.05) is 13.2 Å². The first-order chi connectivity index (χ1) is 14.3. The van der Waals surface area contributed by atoms with Crippen molar-refractivity contribution in [2.45, 2.75) is 12.1 Å². The van der Waals surface area contributed by atoms with Crippen LogP contribution in [0.4, 0.5) is 13.6 Å². The summed E-state index contributed by atoms with van der Waals surface area (Å²) in [6.45, 7) is -0.626. The molecule has 2 aromatic carbocycles. The van der Waals surface area contributed by atoms with E-state index in [2.05, 4.69) is 10.6 Å². The fourth-order valence-electron chi connectivity index (χ4n) is 3.53. The molecule has 1 unspecified atom stereocenters. The summed E-state index contributed by atoms with van der Waals surface area (Å²) in [5.74, 6) is -2.35. The van der Waals surface area contributed by atoms with Gasteiger partial charge in [-0.2, -0.15) is 0 Å². The number of nitrogens with zero attached hydrogens (tertiary/aromatic N) is 1. The van der Waals surface area contributed by atoms with Crippen molar-refractivity contribution in [1.29, 1.82) is 0 Å². The zero-order valence-corrected chi connectivity index (χ0v) is 15.5. The van der Waals surface area contributed by atoms with Gasteiger partial charge in [0, 0.05) is 17.0 Å². The number of ether oxygens (including phenoxy) is 1. The Kier molecular flexibility index (Phi) is 4.78. The van der Waals surface area contributed by atoms with Gasteiger partial charge >= 0.3 is 6.03 Å². The standard InChI is InChI=1S/C20H17F2N3O5/c21-13-3-1-12(2-4-13)20(18(28)23-19(29)24-20)10-25-9-11-7-16(30-6-5-26)15(22)8-14(11)17(25)27/h1-4,7-9,26-27H,5-6,10H2,(H2,23,24,28,29). The molecular weight excluding hydrogens is 400 g/mol. The number of imide groups is 1. The van der Waals surface area contributed by atoms with Gasteiger partial charge in [-0.05, 0) is 29.8 Å². The molecule has 1 aromatic heterocycles. The molecule has 1 aliphatic rings. The van der Waals surface area contributed by atoms with E-state index in [-0.39, 0.29) is 36.8 Å². The number of carbonyl (C=O) groups excluding carboxylic acids is 2. The van der Waals surface area contributed by atoms with Gasteiger partial charge in [0.05, 0.1) is 13.2 Å². The van der Waals surface area contributed by atoms with Gasteiger partial charge < -0.3 is 24.8 Å². The van der Waals surface area contributed by atoms with E-state index in [0.717, 1.165) is 18.2 Å². The van der Waals surface area contributed by atoms with Crippen LogP contribution in [0.3, 0.4) is 0 Å². The Balaban J connectivity index is 1.78. The molecule has 0 spiro atoms. The van der Waals surface area contributed by atoms with Gasteiger partial charge in [-0.15, -0.1) is 0 Å². The number of nitrogens with one attached hydrogen (secondary N) is 2. The van der Waals surface area contributed by atoms with Gasteiger partial charge in [-0.1, -0.05) is 12.1 Å². The molecule has 156 valence electrons. The minimum atomic E-state index is -1.61. The number of carbonyl (C=O) groups is 2. The van der Waals surface area contributed by atoms with Gasteiger partial charge in [-0.25, -0.2) is 13.6 Å². The van der Waals surface area contributed by atoms with Crippen LogP contribution in [0.15, 0.2) is 42.6 Å². The SMILES string of the molecule is O=C1NC(=O)C(Cn2cc3cc(OCCO)c(F)cc3c2O)(c2ccc(F)cc2)N1. The molecule has 4 N–H and O–H groups in total. The Labute approximate surface area is 168 Å². The molecule has 3 aromatic rings. The lowest BCUT2D eigenvalue weighted by molar-refractivity contribution is -0.124. The van der Waals surface area contributed by atoms with E-state index < -0.39 is 29.1 Å². The summed E-state index contributed by atoms with van der Waals surface area (Å²) in [4.78, 5) is 24.5. The highest BCUT2D eigenvalue weighted by Gasteiger charge is 2.48. The zero-order valence-electron chi connectivity index (χ0n) is 15.5. The quantitative estimate of drug-likeness (QED) is 0.457. The van der Waals surface area contributed by atoms with Gasteiger partial charge in [0.15, 0.2) is 23.0 Å². The molecule has 0 saturated carbocycles. The van der Waals surface area contributed by atoms with E-state index in [9.17, 15) is 23.5 Å². The number of hydrogen-bond donors (Lipinski definition) is 4. The first-order valence-corrected chi connectivity index (χ1v) is 8.99. The normalized spacial score (nSPS) is 18.5. The summed E-state index contributed by atoms with van der Waals surface area (Å²) in [5, 5.41) is 24.7. The second-order valence-corrected chi connectivity index (χ2v) is 6.84. The van der Waals surface area contributed by atoms with Crippen molar-refractivity contribution >= 4 is 22.7 Å². The number of fused-ring (bicyclic) bond motifs is 1. The maximum absolute atomic E-state index is 14.2. The Bertz CT molecular complexity index is 1150. The van der Waals surface area contributed by atoms with Crippen molar-refractivity contribution < 1.29 is 33.3 Å². The Morgan fingerprint density at radius 2 is 1.87 bits per heavy atom. The van der Waals surface area contributed by atoms with E-state index in [1.807, 2.05) is 0 Å². The summed E-state index contributed by atoms with van der Waals surface area (Å²) in [6.07, 6.45) is 1.47. The summed E-state index contributed by atoms with van der Waals surface area (Å²) in [6, 6.07) is 6.73. The number of amides is 3. The van der Waals surface area contributed by atoms with Crippen molar-refractivity contribution in [3.63, 3.8) is 0 Å². The second-order valence-electron chi connectivity index (χ2n) is 6.84. The molecule has 10 heteroatoms. The summed E-state index contributed by atoms with van der Waals surface area (Å²) >= 11 is 0. The Morgan fingerprint density at radius 3 is 2.50 bits per heavy atom. The van der Waals surface area contributed by atoms with Gasteiger partial charge in [-0.3, -0.25) is 10.1 Å². The summed E-state index contributed by atoms with van der Waals surface area (Å²) in [7, 11) is 0. The minimum Gasteiger partial charge on any atom is -0.494 e. The average Bonchev–Trinajstić information content (AvgIpc) is 3.16. The van der Waals surface area contributed by atoms with E-state index in [0.29, 0.717) is 10.9 Å². The van der Waals surface area contributed by atoms with Crippen LogP contribution < -0.4 is 15.4 Å². The topological polar surface area (TPSA) is 113 Å². The lowest BCUT2D eigenvalue weighted by Gasteiger charge is -2.27. The maximum atomic E-state index is 14.2. The van der Waals surface area contributed by atoms with E-state index >= 15 is 0 Å². The van der Waals surface area contributed by atoms with Gasteiger partial charge in [0.25, 0.3) is 5.91 Å². The fraction of sp³-hybridized carbons (Fsp3) is 0.200. The number of aromatic hydroxyl groups is 1. The highest BCUT2D eigenvalue weighted by atomic mass is 19.1. The third-order valence-electron chi connectivity index (χ3n) is 4.95. The molecule has 8 nitrogen and oxygen atoms in total. The summed E-state index contributed by atoms with van der Waals surface area (Å²) < 4.78 is 34.0. The monoisotopic (exact) mass is 417 g/mol. The molecule has 1 aliphatic heterocycles. The number of aliphatic hydroxyl groups excluding tert-OH is 1. The molecule has 1 saturated heterocycles. The van der Waals surface area contributed by atoms with Crippen LogP contribution in [0.25, 0.3) is 10.8 Å². The smallest absolute Gasteiger partial charge is 0.322 e. The van der Waals surface area contributed by atoms with Crippen LogP contribution in [0.2, 0.25) is 0 Å². The molecule has 1 atom stereocenters. The predicted molar refractivity (Wildman–Crippen MR) is 101 cm³/mol. The molecule has 2 heterocycles. The first kappa shape index (κ1) is 19.6. The zero-order chi connectivity index (χ0) is 21.5. The number of aromatic nitrogens is 1. The fourth-order valence-corrected chi connectivity index (χ4v) is 3.53. The number of aliphatic hydroxyl groups is 1. The van der Waals surface area contributed by atoms with Crippen molar-refractivity contribution in [2.24, 2.45) is 0 Å². The van der Waals surface area contributed by atoms with Gasteiger partial charge in [0.2, 0.25) is 0 Å². The van der Waals surface area contributed by atoms with Gasteiger partial charge in [0.1, 0.15) is 12.4 Å². The second kappa shape index (κ2) is 7.30. The van der Waals surface area contributed by atoms with Crippen LogP contribution >= 0.6 is 0 Å². The average molecular weight is 417 g/mol. The van der Waals surface area contributed by atoms with Crippen molar-refractivity contribution in [3.05, 3.63) is 59.8 Å². The minimum absolute atomic E-state index is 0.102.